The van der Waals surface area contributed by atoms with E-state index in [1.165, 1.54) is 19.5 Å². The molecular weight excluding hydrogens is 494 g/mol. The van der Waals surface area contributed by atoms with E-state index in [1.54, 1.807) is 30.5 Å². The molecular formula is C22H24ClN7O4S. The van der Waals surface area contributed by atoms with E-state index in [4.69, 9.17) is 20.9 Å². The minimum absolute atomic E-state index is 0.142. The van der Waals surface area contributed by atoms with Crippen LogP contribution in [0.25, 0.3) is 11.5 Å². The van der Waals surface area contributed by atoms with Gasteiger partial charge in [0, 0.05) is 30.1 Å². The number of halogens is 1. The molecule has 0 aromatic carbocycles. The number of hydrogen-bond acceptors (Lipinski definition) is 10. The average Bonchev–Trinajstić information content (AvgIpc) is 3.45. The molecule has 2 atom stereocenters. The fourth-order valence-electron chi connectivity index (χ4n) is 3.48. The van der Waals surface area contributed by atoms with Gasteiger partial charge >= 0.3 is 0 Å². The molecule has 184 valence electrons. The Morgan fingerprint density at radius 2 is 1.91 bits per heavy atom. The molecule has 0 radical (unpaired) electrons. The number of rotatable bonds is 9. The molecule has 13 heteroatoms. The van der Waals surface area contributed by atoms with Gasteiger partial charge in [-0.1, -0.05) is 24.6 Å². The molecule has 0 aliphatic rings. The second-order valence-electron chi connectivity index (χ2n) is 8.09. The highest BCUT2D eigenvalue weighted by Gasteiger charge is 2.32. The maximum absolute atomic E-state index is 13.4. The van der Waals surface area contributed by atoms with Gasteiger partial charge in [-0.05, 0) is 31.1 Å². The third-order valence-corrected chi connectivity index (χ3v) is 8.05. The van der Waals surface area contributed by atoms with Crippen LogP contribution in [0.15, 0.2) is 41.2 Å². The van der Waals surface area contributed by atoms with Crippen molar-refractivity contribution in [3.63, 3.8) is 0 Å². The van der Waals surface area contributed by atoms with E-state index in [0.29, 0.717) is 34.0 Å². The molecule has 0 amide bonds. The van der Waals surface area contributed by atoms with E-state index in [9.17, 15) is 8.42 Å². The Hall–Kier alpha value is -3.38. The molecule has 0 aliphatic carbocycles. The maximum atomic E-state index is 13.4. The van der Waals surface area contributed by atoms with E-state index < -0.39 is 21.0 Å². The molecule has 0 saturated carbocycles. The number of aryl methyl sites for hydroxylation is 1. The number of methoxy groups -OCH3 is 1. The van der Waals surface area contributed by atoms with Gasteiger partial charge in [0.25, 0.3) is 5.88 Å². The number of sulfone groups is 1. The van der Waals surface area contributed by atoms with Crippen LogP contribution < -0.4 is 4.74 Å². The molecule has 11 nitrogen and oxygen atoms in total. The number of ether oxygens (including phenoxy) is 1. The summed E-state index contributed by atoms with van der Waals surface area (Å²) in [5.41, 5.74) is 1.35. The van der Waals surface area contributed by atoms with Crippen molar-refractivity contribution in [3.8, 4) is 17.4 Å². The quantitative estimate of drug-likeness (QED) is 0.325. The van der Waals surface area contributed by atoms with Crippen molar-refractivity contribution in [1.82, 2.24) is 34.9 Å². The van der Waals surface area contributed by atoms with Gasteiger partial charge in [-0.25, -0.2) is 23.4 Å². The molecule has 4 heterocycles. The molecule has 0 saturated heterocycles. The van der Waals surface area contributed by atoms with Gasteiger partial charge in [0.2, 0.25) is 0 Å². The maximum Gasteiger partial charge on any atom is 0.254 e. The summed E-state index contributed by atoms with van der Waals surface area (Å²) in [4.78, 5) is 12.9. The smallest absolute Gasteiger partial charge is 0.254 e. The minimum atomic E-state index is -3.69. The third-order valence-electron chi connectivity index (χ3n) is 5.65. The Bertz CT molecular complexity index is 1420. The second-order valence-corrected chi connectivity index (χ2v) is 10.9. The van der Waals surface area contributed by atoms with Gasteiger partial charge in [-0.2, -0.15) is 0 Å². The van der Waals surface area contributed by atoms with Crippen LogP contribution in [-0.2, 0) is 22.1 Å². The molecule has 4 aromatic rings. The summed E-state index contributed by atoms with van der Waals surface area (Å²) in [5.74, 6) is 0.991. The zero-order chi connectivity index (χ0) is 25.2. The van der Waals surface area contributed by atoms with Gasteiger partial charge in [0.15, 0.2) is 21.4 Å². The van der Waals surface area contributed by atoms with Gasteiger partial charge in [0.05, 0.1) is 23.9 Å². The molecule has 0 spiro atoms. The van der Waals surface area contributed by atoms with Crippen molar-refractivity contribution in [1.29, 1.82) is 0 Å². The van der Waals surface area contributed by atoms with Crippen molar-refractivity contribution in [3.05, 3.63) is 64.8 Å². The van der Waals surface area contributed by atoms with Crippen molar-refractivity contribution in [2.24, 2.45) is 0 Å². The van der Waals surface area contributed by atoms with Gasteiger partial charge in [0.1, 0.15) is 23.1 Å². The van der Waals surface area contributed by atoms with Gasteiger partial charge in [-0.3, -0.25) is 0 Å². The predicted molar refractivity (Wildman–Crippen MR) is 128 cm³/mol. The van der Waals surface area contributed by atoms with Gasteiger partial charge in [-0.15, -0.1) is 10.2 Å². The first-order chi connectivity index (χ1) is 16.7. The van der Waals surface area contributed by atoms with Crippen LogP contribution in [-0.4, -0.2) is 55.7 Å². The minimum Gasteiger partial charge on any atom is -0.479 e. The Labute approximate surface area is 207 Å². The SMILES string of the molecule is COc1cc(Cn2c(CS(=O)(=O)[C@@H](C)[C@H](C)c3ncc(Cl)cn3)nnc2-c2cccc(C)n2)on1. The first kappa shape index (κ1) is 24.7. The van der Waals surface area contributed by atoms with Crippen LogP contribution in [0.3, 0.4) is 0 Å². The van der Waals surface area contributed by atoms with Crippen molar-refractivity contribution >= 4 is 21.4 Å². The van der Waals surface area contributed by atoms with Crippen LogP contribution in [0.2, 0.25) is 5.02 Å². The van der Waals surface area contributed by atoms with Crippen molar-refractivity contribution in [2.45, 2.75) is 44.2 Å². The summed E-state index contributed by atoms with van der Waals surface area (Å²) in [6, 6.07) is 7.11. The van der Waals surface area contributed by atoms with E-state index in [2.05, 4.69) is 30.3 Å². The zero-order valence-electron chi connectivity index (χ0n) is 19.6. The average molecular weight is 518 g/mol. The summed E-state index contributed by atoms with van der Waals surface area (Å²) in [5, 5.41) is 11.9. The first-order valence-electron chi connectivity index (χ1n) is 10.7. The summed E-state index contributed by atoms with van der Waals surface area (Å²) in [6.45, 7) is 5.39. The molecule has 0 aliphatic heterocycles. The van der Waals surface area contributed by atoms with E-state index in [-0.39, 0.29) is 18.1 Å². The lowest BCUT2D eigenvalue weighted by atomic mass is 10.1. The predicted octanol–water partition coefficient (Wildman–Crippen LogP) is 3.24. The monoisotopic (exact) mass is 517 g/mol. The largest absolute Gasteiger partial charge is 0.479 e. The lowest BCUT2D eigenvalue weighted by Gasteiger charge is -2.19. The van der Waals surface area contributed by atoms with E-state index >= 15 is 0 Å². The van der Waals surface area contributed by atoms with Crippen LogP contribution >= 0.6 is 11.6 Å². The first-order valence-corrected chi connectivity index (χ1v) is 12.8. The Balaban J connectivity index is 1.68. The van der Waals surface area contributed by atoms with Gasteiger partial charge < -0.3 is 13.8 Å². The molecule has 4 aromatic heterocycles. The lowest BCUT2D eigenvalue weighted by Crippen LogP contribution is -2.27. The number of pyridine rings is 1. The topological polar surface area (TPSA) is 139 Å². The Morgan fingerprint density at radius 3 is 2.57 bits per heavy atom. The number of aromatic nitrogens is 7. The third kappa shape index (κ3) is 5.49. The number of hydrogen-bond donors (Lipinski definition) is 0. The summed E-state index contributed by atoms with van der Waals surface area (Å²) in [6.07, 6.45) is 2.90. The molecule has 0 N–H and O–H groups in total. The summed E-state index contributed by atoms with van der Waals surface area (Å²) < 4.78 is 38.9. The van der Waals surface area contributed by atoms with Crippen molar-refractivity contribution in [2.75, 3.05) is 7.11 Å². The molecule has 4 rings (SSSR count). The van der Waals surface area contributed by atoms with Crippen molar-refractivity contribution < 1.29 is 17.7 Å². The number of nitrogens with zero attached hydrogens (tertiary/aromatic N) is 7. The fourth-order valence-corrected chi connectivity index (χ4v) is 5.15. The van der Waals surface area contributed by atoms with E-state index in [0.717, 1.165) is 5.69 Å². The molecule has 35 heavy (non-hydrogen) atoms. The van der Waals surface area contributed by atoms with E-state index in [1.807, 2.05) is 19.1 Å². The standard InChI is InChI=1S/C22H24ClN7O4S/c1-13-6-5-7-18(26-13)22-28-27-19(30(22)11-17-8-20(33-4)29-34-17)12-35(31,32)15(3)14(2)21-24-9-16(23)10-25-21/h5-10,14-15H,11-12H2,1-4H3/t14-,15-/m0/s1. The summed E-state index contributed by atoms with van der Waals surface area (Å²) in [7, 11) is -2.21. The molecule has 0 bridgehead atoms. The van der Waals surface area contributed by atoms with Crippen LogP contribution in [0.5, 0.6) is 5.88 Å². The Morgan fingerprint density at radius 1 is 1.17 bits per heavy atom. The highest BCUT2D eigenvalue weighted by atomic mass is 35.5. The van der Waals surface area contributed by atoms with Crippen LogP contribution in [0.1, 0.15) is 42.9 Å². The highest BCUT2D eigenvalue weighted by molar-refractivity contribution is 7.91. The van der Waals surface area contributed by atoms with Crippen LogP contribution in [0.4, 0.5) is 0 Å². The second kappa shape index (κ2) is 10.1. The molecule has 0 fully saturated rings. The summed E-state index contributed by atoms with van der Waals surface area (Å²) >= 11 is 5.86. The normalized spacial score (nSPS) is 13.5. The fraction of sp³-hybridized carbons (Fsp3) is 0.364. The lowest BCUT2D eigenvalue weighted by molar-refractivity contribution is 0.323. The molecule has 0 unspecified atom stereocenters. The highest BCUT2D eigenvalue weighted by Crippen LogP contribution is 2.26. The zero-order valence-corrected chi connectivity index (χ0v) is 21.2. The van der Waals surface area contributed by atoms with Crippen LogP contribution in [0, 0.1) is 6.92 Å². The Kier molecular flexibility index (Phi) is 7.13.